The predicted molar refractivity (Wildman–Crippen MR) is 55.9 cm³/mol. The van der Waals surface area contributed by atoms with E-state index in [-0.39, 0.29) is 0 Å². The van der Waals surface area contributed by atoms with E-state index in [1.807, 2.05) is 31.2 Å². The number of hydrogen-bond acceptors (Lipinski definition) is 3. The van der Waals surface area contributed by atoms with Crippen LogP contribution >= 0.6 is 0 Å². The van der Waals surface area contributed by atoms with E-state index in [0.29, 0.717) is 12.1 Å². The minimum absolute atomic E-state index is 0.311. The average Bonchev–Trinajstić information content (AvgIpc) is 2.68. The highest BCUT2D eigenvalue weighted by Crippen LogP contribution is 2.11. The van der Waals surface area contributed by atoms with E-state index >= 15 is 0 Å². The van der Waals surface area contributed by atoms with Crippen LogP contribution in [0.4, 0.5) is 0 Å². The molecular formula is C11H11N3O. The molecule has 0 spiro atoms. The summed E-state index contributed by atoms with van der Waals surface area (Å²) < 4.78 is 1.69. The standard InChI is InChI=1S/C11H11N3O/c1-9-4-2-3-5-11(9)14-8-10(6-7-15)12-13-14/h2-5,7-8H,6H2,1H3. The summed E-state index contributed by atoms with van der Waals surface area (Å²) >= 11 is 0. The first-order valence-electron chi connectivity index (χ1n) is 4.72. The van der Waals surface area contributed by atoms with Gasteiger partial charge < -0.3 is 4.79 Å². The normalized spacial score (nSPS) is 10.2. The van der Waals surface area contributed by atoms with E-state index < -0.39 is 0 Å². The van der Waals surface area contributed by atoms with Gasteiger partial charge in [0.2, 0.25) is 0 Å². The van der Waals surface area contributed by atoms with Crippen LogP contribution in [0.15, 0.2) is 30.5 Å². The van der Waals surface area contributed by atoms with Gasteiger partial charge in [-0.15, -0.1) is 5.10 Å². The van der Waals surface area contributed by atoms with Gasteiger partial charge in [0.05, 0.1) is 17.6 Å². The molecule has 0 radical (unpaired) electrons. The number of benzene rings is 1. The predicted octanol–water partition coefficient (Wildman–Crippen LogP) is 1.32. The number of aryl methyl sites for hydroxylation is 1. The molecule has 0 aliphatic heterocycles. The summed E-state index contributed by atoms with van der Waals surface area (Å²) in [6.07, 6.45) is 2.91. The number of rotatable bonds is 3. The number of carbonyl (C=O) groups is 1. The molecular weight excluding hydrogens is 190 g/mol. The molecule has 0 fully saturated rings. The molecule has 1 aromatic heterocycles. The summed E-state index contributed by atoms with van der Waals surface area (Å²) in [5.74, 6) is 0. The van der Waals surface area contributed by atoms with E-state index in [9.17, 15) is 4.79 Å². The lowest BCUT2D eigenvalue weighted by atomic mass is 10.2. The van der Waals surface area contributed by atoms with Crippen LogP contribution in [-0.4, -0.2) is 21.3 Å². The Labute approximate surface area is 87.5 Å². The molecule has 15 heavy (non-hydrogen) atoms. The SMILES string of the molecule is Cc1ccccc1-n1cc(CC=O)nn1. The first-order chi connectivity index (χ1) is 7.31. The zero-order chi connectivity index (χ0) is 10.7. The van der Waals surface area contributed by atoms with Gasteiger partial charge in [0.1, 0.15) is 6.29 Å². The van der Waals surface area contributed by atoms with E-state index in [1.165, 1.54) is 0 Å². The third-order valence-corrected chi connectivity index (χ3v) is 2.20. The summed E-state index contributed by atoms with van der Waals surface area (Å²) in [6.45, 7) is 2.01. The Hall–Kier alpha value is -1.97. The Bertz CT molecular complexity index is 476. The number of carbonyl (C=O) groups excluding carboxylic acids is 1. The Morgan fingerprint density at radius 2 is 2.20 bits per heavy atom. The molecule has 4 nitrogen and oxygen atoms in total. The molecule has 1 heterocycles. The number of nitrogens with zero attached hydrogens (tertiary/aromatic N) is 3. The zero-order valence-electron chi connectivity index (χ0n) is 8.42. The minimum atomic E-state index is 0.311. The van der Waals surface area contributed by atoms with Gasteiger partial charge in [0.25, 0.3) is 0 Å². The molecule has 0 saturated carbocycles. The molecule has 0 bridgehead atoms. The zero-order valence-corrected chi connectivity index (χ0v) is 8.42. The Balaban J connectivity index is 2.37. The Morgan fingerprint density at radius 3 is 2.93 bits per heavy atom. The van der Waals surface area contributed by atoms with Crippen molar-refractivity contribution in [3.05, 3.63) is 41.7 Å². The number of para-hydroxylation sites is 1. The molecule has 0 atom stereocenters. The number of aldehydes is 1. The lowest BCUT2D eigenvalue weighted by Crippen LogP contribution is -1.97. The van der Waals surface area contributed by atoms with Crippen molar-refractivity contribution in [1.29, 1.82) is 0 Å². The van der Waals surface area contributed by atoms with Gasteiger partial charge in [-0.25, -0.2) is 4.68 Å². The second kappa shape index (κ2) is 4.04. The van der Waals surface area contributed by atoms with Crippen LogP contribution in [0.1, 0.15) is 11.3 Å². The van der Waals surface area contributed by atoms with Crippen molar-refractivity contribution in [1.82, 2.24) is 15.0 Å². The molecule has 2 aromatic rings. The van der Waals surface area contributed by atoms with Crippen LogP contribution in [0.2, 0.25) is 0 Å². The lowest BCUT2D eigenvalue weighted by Gasteiger charge is -2.02. The highest BCUT2D eigenvalue weighted by atomic mass is 16.1. The number of hydrogen-bond donors (Lipinski definition) is 0. The minimum Gasteiger partial charge on any atom is -0.303 e. The van der Waals surface area contributed by atoms with E-state index in [4.69, 9.17) is 0 Å². The van der Waals surface area contributed by atoms with Crippen LogP contribution in [0.5, 0.6) is 0 Å². The Morgan fingerprint density at radius 1 is 1.40 bits per heavy atom. The third-order valence-electron chi connectivity index (χ3n) is 2.20. The van der Waals surface area contributed by atoms with Crippen molar-refractivity contribution in [2.45, 2.75) is 13.3 Å². The fourth-order valence-corrected chi connectivity index (χ4v) is 1.42. The van der Waals surface area contributed by atoms with Crippen molar-refractivity contribution < 1.29 is 4.79 Å². The summed E-state index contributed by atoms with van der Waals surface area (Å²) in [6, 6.07) is 7.90. The maximum absolute atomic E-state index is 10.3. The summed E-state index contributed by atoms with van der Waals surface area (Å²) in [7, 11) is 0. The topological polar surface area (TPSA) is 47.8 Å². The lowest BCUT2D eigenvalue weighted by molar-refractivity contribution is -0.107. The molecule has 0 aliphatic rings. The fourth-order valence-electron chi connectivity index (χ4n) is 1.42. The summed E-state index contributed by atoms with van der Waals surface area (Å²) in [4.78, 5) is 10.3. The quantitative estimate of drug-likeness (QED) is 0.703. The van der Waals surface area contributed by atoms with Gasteiger partial charge in [-0.2, -0.15) is 0 Å². The maximum atomic E-state index is 10.3. The molecule has 76 valence electrons. The largest absolute Gasteiger partial charge is 0.303 e. The highest BCUT2D eigenvalue weighted by molar-refractivity contribution is 5.53. The van der Waals surface area contributed by atoms with Gasteiger partial charge in [-0.3, -0.25) is 0 Å². The van der Waals surface area contributed by atoms with Crippen LogP contribution in [0.3, 0.4) is 0 Å². The second-order valence-corrected chi connectivity index (χ2v) is 3.31. The first kappa shape index (κ1) is 9.58. The van der Waals surface area contributed by atoms with Crippen molar-refractivity contribution in [3.8, 4) is 5.69 Å². The monoisotopic (exact) mass is 201 g/mol. The van der Waals surface area contributed by atoms with Crippen molar-refractivity contribution in [2.24, 2.45) is 0 Å². The fraction of sp³-hybridized carbons (Fsp3) is 0.182. The van der Waals surface area contributed by atoms with Crippen molar-refractivity contribution in [3.63, 3.8) is 0 Å². The average molecular weight is 201 g/mol. The molecule has 0 N–H and O–H groups in total. The Kier molecular flexibility index (Phi) is 2.58. The molecule has 0 amide bonds. The van der Waals surface area contributed by atoms with Crippen LogP contribution in [-0.2, 0) is 11.2 Å². The maximum Gasteiger partial charge on any atom is 0.126 e. The van der Waals surface area contributed by atoms with Crippen LogP contribution < -0.4 is 0 Å². The second-order valence-electron chi connectivity index (χ2n) is 3.31. The molecule has 4 heteroatoms. The molecule has 0 aliphatic carbocycles. The van der Waals surface area contributed by atoms with Gasteiger partial charge in [0, 0.05) is 6.42 Å². The highest BCUT2D eigenvalue weighted by Gasteiger charge is 2.03. The first-order valence-corrected chi connectivity index (χ1v) is 4.72. The van der Waals surface area contributed by atoms with Crippen LogP contribution in [0.25, 0.3) is 5.69 Å². The molecule has 2 rings (SSSR count). The van der Waals surface area contributed by atoms with Gasteiger partial charge in [0.15, 0.2) is 0 Å². The summed E-state index contributed by atoms with van der Waals surface area (Å²) in [5, 5.41) is 7.88. The smallest absolute Gasteiger partial charge is 0.126 e. The van der Waals surface area contributed by atoms with E-state index in [1.54, 1.807) is 10.9 Å². The van der Waals surface area contributed by atoms with Gasteiger partial charge >= 0.3 is 0 Å². The third kappa shape index (κ3) is 1.93. The van der Waals surface area contributed by atoms with Gasteiger partial charge in [-0.05, 0) is 18.6 Å². The van der Waals surface area contributed by atoms with Crippen LogP contribution in [0, 0.1) is 6.92 Å². The number of aromatic nitrogens is 3. The van der Waals surface area contributed by atoms with E-state index in [0.717, 1.165) is 17.5 Å². The summed E-state index contributed by atoms with van der Waals surface area (Å²) in [5.41, 5.74) is 2.80. The molecule has 0 unspecified atom stereocenters. The van der Waals surface area contributed by atoms with Crippen molar-refractivity contribution in [2.75, 3.05) is 0 Å². The molecule has 0 saturated heterocycles. The van der Waals surface area contributed by atoms with Crippen molar-refractivity contribution >= 4 is 6.29 Å². The van der Waals surface area contributed by atoms with E-state index in [2.05, 4.69) is 10.3 Å². The molecule has 1 aromatic carbocycles. The van der Waals surface area contributed by atoms with Gasteiger partial charge in [-0.1, -0.05) is 23.4 Å².